The fraction of sp³-hybridized carbons (Fsp3) is 0.167. The summed E-state index contributed by atoms with van der Waals surface area (Å²) in [4.78, 5) is 35.3. The van der Waals surface area contributed by atoms with Crippen LogP contribution in [-0.2, 0) is 20.7 Å². The molecule has 6 nitrogen and oxygen atoms in total. The predicted molar refractivity (Wildman–Crippen MR) is 94.5 cm³/mol. The van der Waals surface area contributed by atoms with Crippen LogP contribution in [0, 0.1) is 5.82 Å². The number of hydrogen-bond donors (Lipinski definition) is 2. The number of amides is 2. The molecule has 0 saturated heterocycles. The van der Waals surface area contributed by atoms with Crippen molar-refractivity contribution in [2.24, 2.45) is 0 Å². The minimum atomic E-state index is -0.574. The van der Waals surface area contributed by atoms with Gasteiger partial charge in [-0.05, 0) is 29.8 Å². The van der Waals surface area contributed by atoms with E-state index in [0.29, 0.717) is 0 Å². The minimum Gasteiger partial charge on any atom is -0.465 e. The zero-order chi connectivity index (χ0) is 19.1. The van der Waals surface area contributed by atoms with E-state index in [4.69, 9.17) is 11.6 Å². The van der Waals surface area contributed by atoms with E-state index in [9.17, 15) is 18.8 Å². The normalized spacial score (nSPS) is 10.1. The summed E-state index contributed by atoms with van der Waals surface area (Å²) in [6, 6.07) is 10.2. The Balaban J connectivity index is 1.92. The highest BCUT2D eigenvalue weighted by Gasteiger charge is 2.13. The van der Waals surface area contributed by atoms with Crippen molar-refractivity contribution < 1.29 is 23.5 Å². The molecule has 2 aromatic carbocycles. The Morgan fingerprint density at radius 1 is 1.12 bits per heavy atom. The molecule has 2 amide bonds. The smallest absolute Gasteiger partial charge is 0.337 e. The van der Waals surface area contributed by atoms with E-state index in [1.165, 1.54) is 43.5 Å². The third-order valence-corrected chi connectivity index (χ3v) is 3.75. The third kappa shape index (κ3) is 5.29. The minimum absolute atomic E-state index is 0.182. The van der Waals surface area contributed by atoms with Crippen molar-refractivity contribution >= 4 is 35.1 Å². The van der Waals surface area contributed by atoms with E-state index >= 15 is 0 Å². The molecule has 0 heterocycles. The molecule has 0 aromatic heterocycles. The maximum absolute atomic E-state index is 13.5. The molecule has 0 atom stereocenters. The highest BCUT2D eigenvalue weighted by atomic mass is 35.5. The van der Waals surface area contributed by atoms with Gasteiger partial charge in [0.25, 0.3) is 0 Å². The molecule has 0 aliphatic heterocycles. The van der Waals surface area contributed by atoms with Crippen LogP contribution in [0.1, 0.15) is 15.9 Å². The van der Waals surface area contributed by atoms with Crippen molar-refractivity contribution in [3.63, 3.8) is 0 Å². The number of benzene rings is 2. The molecule has 2 aromatic rings. The molecule has 0 spiro atoms. The number of nitrogens with one attached hydrogen (secondary N) is 2. The fourth-order valence-electron chi connectivity index (χ4n) is 2.12. The van der Waals surface area contributed by atoms with Crippen LogP contribution in [0.2, 0.25) is 5.02 Å². The maximum atomic E-state index is 13.5. The van der Waals surface area contributed by atoms with Gasteiger partial charge in [-0.1, -0.05) is 29.8 Å². The van der Waals surface area contributed by atoms with Crippen LogP contribution in [0.15, 0.2) is 42.5 Å². The van der Waals surface area contributed by atoms with Crippen LogP contribution >= 0.6 is 11.6 Å². The van der Waals surface area contributed by atoms with Gasteiger partial charge in [-0.2, -0.15) is 0 Å². The molecule has 0 saturated carbocycles. The fourth-order valence-corrected chi connectivity index (χ4v) is 2.28. The largest absolute Gasteiger partial charge is 0.465 e. The first-order valence-corrected chi connectivity index (χ1v) is 7.96. The first kappa shape index (κ1) is 19.4. The second-order valence-electron chi connectivity index (χ2n) is 5.28. The second kappa shape index (κ2) is 8.96. The Bertz CT molecular complexity index is 842. The Kier molecular flexibility index (Phi) is 6.68. The molecule has 0 aliphatic rings. The van der Waals surface area contributed by atoms with Crippen molar-refractivity contribution in [3.05, 3.63) is 64.4 Å². The molecule has 0 fully saturated rings. The van der Waals surface area contributed by atoms with E-state index in [2.05, 4.69) is 15.4 Å². The molecule has 0 unspecified atom stereocenters. The van der Waals surface area contributed by atoms with Gasteiger partial charge in [0.15, 0.2) is 0 Å². The Labute approximate surface area is 154 Å². The van der Waals surface area contributed by atoms with Crippen molar-refractivity contribution in [2.45, 2.75) is 6.42 Å². The standard InChI is InChI=1S/C18H16ClFN2O4/c1-26-18(25)12-6-7-13(19)15(8-12)22-17(24)10-21-16(23)9-11-4-2-3-5-14(11)20/h2-8H,9-10H2,1H3,(H,21,23)(H,22,24). The molecule has 0 aliphatic carbocycles. The van der Waals surface area contributed by atoms with Crippen LogP contribution < -0.4 is 10.6 Å². The van der Waals surface area contributed by atoms with E-state index in [-0.39, 0.29) is 34.8 Å². The number of methoxy groups -OCH3 is 1. The SMILES string of the molecule is COC(=O)c1ccc(Cl)c(NC(=O)CNC(=O)Cc2ccccc2F)c1. The van der Waals surface area contributed by atoms with Gasteiger partial charge in [-0.3, -0.25) is 9.59 Å². The van der Waals surface area contributed by atoms with Gasteiger partial charge in [0, 0.05) is 0 Å². The van der Waals surface area contributed by atoms with Crippen LogP contribution in [0.4, 0.5) is 10.1 Å². The molecule has 136 valence electrons. The average Bonchev–Trinajstić information content (AvgIpc) is 2.63. The summed E-state index contributed by atoms with van der Waals surface area (Å²) in [6.45, 7) is -0.327. The van der Waals surface area contributed by atoms with Gasteiger partial charge >= 0.3 is 5.97 Å². The second-order valence-corrected chi connectivity index (χ2v) is 5.69. The Hall–Kier alpha value is -2.93. The van der Waals surface area contributed by atoms with Gasteiger partial charge in [0.05, 0.1) is 36.3 Å². The quantitative estimate of drug-likeness (QED) is 0.757. The van der Waals surface area contributed by atoms with Gasteiger partial charge in [-0.15, -0.1) is 0 Å². The number of esters is 1. The van der Waals surface area contributed by atoms with Crippen molar-refractivity contribution in [2.75, 3.05) is 19.0 Å². The Morgan fingerprint density at radius 3 is 2.54 bits per heavy atom. The van der Waals surface area contributed by atoms with Crippen LogP contribution in [0.25, 0.3) is 0 Å². The molecule has 8 heteroatoms. The molecule has 2 N–H and O–H groups in total. The maximum Gasteiger partial charge on any atom is 0.337 e. The number of rotatable bonds is 6. The molecule has 0 bridgehead atoms. The zero-order valence-electron chi connectivity index (χ0n) is 13.8. The van der Waals surface area contributed by atoms with Crippen molar-refractivity contribution in [3.8, 4) is 0 Å². The third-order valence-electron chi connectivity index (χ3n) is 3.42. The summed E-state index contributed by atoms with van der Waals surface area (Å²) in [5, 5.41) is 5.11. The zero-order valence-corrected chi connectivity index (χ0v) is 14.6. The summed E-state index contributed by atoms with van der Waals surface area (Å²) in [5.74, 6) is -2.11. The molecular weight excluding hydrogens is 363 g/mol. The monoisotopic (exact) mass is 378 g/mol. The lowest BCUT2D eigenvalue weighted by Gasteiger charge is -2.10. The predicted octanol–water partition coefficient (Wildman–Crippen LogP) is 2.56. The van der Waals surface area contributed by atoms with Crippen molar-refractivity contribution in [1.29, 1.82) is 0 Å². The summed E-state index contributed by atoms with van der Waals surface area (Å²) in [5.41, 5.74) is 0.665. The lowest BCUT2D eigenvalue weighted by molar-refractivity contribution is -0.123. The number of anilines is 1. The van der Waals surface area contributed by atoms with Gasteiger partial charge in [-0.25, -0.2) is 9.18 Å². The van der Waals surface area contributed by atoms with Gasteiger partial charge in [0.1, 0.15) is 5.82 Å². The van der Waals surface area contributed by atoms with Crippen LogP contribution in [0.5, 0.6) is 0 Å². The van der Waals surface area contributed by atoms with E-state index < -0.39 is 23.6 Å². The summed E-state index contributed by atoms with van der Waals surface area (Å²) >= 11 is 5.98. The number of carbonyl (C=O) groups excluding carboxylic acids is 3. The highest BCUT2D eigenvalue weighted by molar-refractivity contribution is 6.33. The molecule has 0 radical (unpaired) electrons. The molecular formula is C18H16ClFN2O4. The number of hydrogen-bond acceptors (Lipinski definition) is 4. The summed E-state index contributed by atoms with van der Waals surface area (Å²) in [6.07, 6.45) is -0.182. The summed E-state index contributed by atoms with van der Waals surface area (Å²) in [7, 11) is 1.24. The first-order valence-electron chi connectivity index (χ1n) is 7.58. The lowest BCUT2D eigenvalue weighted by atomic mass is 10.1. The topological polar surface area (TPSA) is 84.5 Å². The summed E-state index contributed by atoms with van der Waals surface area (Å²) < 4.78 is 18.1. The Morgan fingerprint density at radius 2 is 1.85 bits per heavy atom. The molecule has 26 heavy (non-hydrogen) atoms. The highest BCUT2D eigenvalue weighted by Crippen LogP contribution is 2.23. The average molecular weight is 379 g/mol. The molecule has 2 rings (SSSR count). The van der Waals surface area contributed by atoms with E-state index in [1.807, 2.05) is 0 Å². The first-order chi connectivity index (χ1) is 12.4. The van der Waals surface area contributed by atoms with Crippen LogP contribution in [0.3, 0.4) is 0 Å². The van der Waals surface area contributed by atoms with E-state index in [1.54, 1.807) is 6.07 Å². The van der Waals surface area contributed by atoms with Crippen molar-refractivity contribution in [1.82, 2.24) is 5.32 Å². The van der Waals surface area contributed by atoms with Crippen LogP contribution in [-0.4, -0.2) is 31.4 Å². The number of halogens is 2. The lowest BCUT2D eigenvalue weighted by Crippen LogP contribution is -2.34. The number of carbonyl (C=O) groups is 3. The number of ether oxygens (including phenoxy) is 1. The van der Waals surface area contributed by atoms with Gasteiger partial charge < -0.3 is 15.4 Å². The van der Waals surface area contributed by atoms with Gasteiger partial charge in [0.2, 0.25) is 11.8 Å². The van der Waals surface area contributed by atoms with E-state index in [0.717, 1.165) is 0 Å².